The first-order valence-electron chi connectivity index (χ1n) is 8.65. The monoisotopic (exact) mass is 366 g/mol. The van der Waals surface area contributed by atoms with Gasteiger partial charge < -0.3 is 14.1 Å². The molecule has 0 saturated heterocycles. The Kier molecular flexibility index (Phi) is 5.57. The van der Waals surface area contributed by atoms with Crippen molar-refractivity contribution in [1.29, 1.82) is 0 Å². The van der Waals surface area contributed by atoms with Crippen LogP contribution in [0.25, 0.3) is 0 Å². The molecule has 27 heavy (non-hydrogen) atoms. The highest BCUT2D eigenvalue weighted by Crippen LogP contribution is 2.23. The van der Waals surface area contributed by atoms with Crippen molar-refractivity contribution in [2.75, 3.05) is 13.7 Å². The van der Waals surface area contributed by atoms with Gasteiger partial charge in [-0.05, 0) is 37.1 Å². The lowest BCUT2D eigenvalue weighted by atomic mass is 10.0. The molecule has 140 valence electrons. The Labute approximate surface area is 157 Å². The van der Waals surface area contributed by atoms with Crippen molar-refractivity contribution < 1.29 is 18.7 Å². The van der Waals surface area contributed by atoms with Gasteiger partial charge >= 0.3 is 5.97 Å². The van der Waals surface area contributed by atoms with E-state index in [4.69, 9.17) is 9.15 Å². The summed E-state index contributed by atoms with van der Waals surface area (Å²) in [6.45, 7) is 3.57. The molecule has 0 bridgehead atoms. The second kappa shape index (κ2) is 8.05. The second-order valence-electron chi connectivity index (χ2n) is 6.28. The summed E-state index contributed by atoms with van der Waals surface area (Å²) in [5.74, 6) is 0.132. The van der Waals surface area contributed by atoms with Crippen LogP contribution >= 0.6 is 0 Å². The van der Waals surface area contributed by atoms with Gasteiger partial charge in [0.05, 0.1) is 37.2 Å². The largest absolute Gasteiger partial charge is 0.467 e. The average molecular weight is 366 g/mol. The van der Waals surface area contributed by atoms with Crippen molar-refractivity contribution in [1.82, 2.24) is 10.3 Å². The zero-order valence-corrected chi connectivity index (χ0v) is 15.5. The Hall–Kier alpha value is -3.12. The van der Waals surface area contributed by atoms with Crippen LogP contribution in [0.2, 0.25) is 0 Å². The van der Waals surface area contributed by atoms with Crippen LogP contribution < -0.4 is 5.32 Å². The van der Waals surface area contributed by atoms with Crippen molar-refractivity contribution in [3.05, 3.63) is 82.6 Å². The zero-order valence-electron chi connectivity index (χ0n) is 15.5. The van der Waals surface area contributed by atoms with Gasteiger partial charge in [-0.1, -0.05) is 30.3 Å². The topological polar surface area (TPSA) is 84.3 Å². The fourth-order valence-electron chi connectivity index (χ4n) is 3.20. The Balaban J connectivity index is 1.80. The Morgan fingerprint density at radius 3 is 2.52 bits per heavy atom. The van der Waals surface area contributed by atoms with Crippen LogP contribution in [0.15, 0.2) is 53.1 Å². The summed E-state index contributed by atoms with van der Waals surface area (Å²) < 4.78 is 10.3. The molecule has 0 aliphatic rings. The number of benzene rings is 1. The van der Waals surface area contributed by atoms with Gasteiger partial charge in [-0.15, -0.1) is 0 Å². The predicted molar refractivity (Wildman–Crippen MR) is 101 cm³/mol. The fraction of sp³-hybridized carbons (Fsp3) is 0.238. The third-order valence-electron chi connectivity index (χ3n) is 4.53. The number of furan rings is 1. The quantitative estimate of drug-likeness (QED) is 0.493. The van der Waals surface area contributed by atoms with Gasteiger partial charge in [-0.3, -0.25) is 10.1 Å². The van der Waals surface area contributed by atoms with E-state index >= 15 is 0 Å². The number of methoxy groups -OCH3 is 1. The molecule has 2 aromatic heterocycles. The van der Waals surface area contributed by atoms with Crippen molar-refractivity contribution in [3.8, 4) is 0 Å². The van der Waals surface area contributed by atoms with Crippen LogP contribution in [0.1, 0.15) is 49.5 Å². The molecule has 1 atom stereocenters. The highest BCUT2D eigenvalue weighted by Gasteiger charge is 2.24. The lowest BCUT2D eigenvalue weighted by molar-refractivity contribution is 0.0599. The molecular weight excluding hydrogens is 344 g/mol. The van der Waals surface area contributed by atoms with E-state index in [9.17, 15) is 9.59 Å². The number of aromatic nitrogens is 1. The van der Waals surface area contributed by atoms with Gasteiger partial charge in [0.1, 0.15) is 5.76 Å². The van der Waals surface area contributed by atoms with Crippen LogP contribution in [-0.2, 0) is 4.74 Å². The van der Waals surface area contributed by atoms with Crippen molar-refractivity contribution in [2.24, 2.45) is 0 Å². The molecule has 2 heterocycles. The average Bonchev–Trinajstić information content (AvgIpc) is 3.30. The molecule has 3 rings (SSSR count). The molecule has 0 aliphatic heterocycles. The van der Waals surface area contributed by atoms with Gasteiger partial charge in [0, 0.05) is 5.69 Å². The van der Waals surface area contributed by atoms with E-state index in [0.717, 1.165) is 11.3 Å². The summed E-state index contributed by atoms with van der Waals surface area (Å²) in [7, 11) is 1.32. The maximum atomic E-state index is 12.8. The van der Waals surface area contributed by atoms with E-state index in [2.05, 4.69) is 10.3 Å². The SMILES string of the molecule is COC(=O)c1c(C)[nH]c(C(=O)CN[C@H](c2ccccc2)c2ccco2)c1C. The van der Waals surface area contributed by atoms with Crippen LogP contribution in [0.3, 0.4) is 0 Å². The Morgan fingerprint density at radius 1 is 1.15 bits per heavy atom. The highest BCUT2D eigenvalue weighted by atomic mass is 16.5. The number of aryl methyl sites for hydroxylation is 1. The molecule has 0 unspecified atom stereocenters. The lowest BCUT2D eigenvalue weighted by Crippen LogP contribution is -2.28. The number of carbonyl (C=O) groups excluding carboxylic acids is 2. The number of ether oxygens (including phenoxy) is 1. The minimum Gasteiger partial charge on any atom is -0.467 e. The third kappa shape index (κ3) is 3.85. The van der Waals surface area contributed by atoms with E-state index in [0.29, 0.717) is 22.5 Å². The van der Waals surface area contributed by atoms with Gasteiger partial charge in [0.25, 0.3) is 0 Å². The molecule has 6 heteroatoms. The summed E-state index contributed by atoms with van der Waals surface area (Å²) in [6, 6.07) is 13.2. The van der Waals surface area contributed by atoms with E-state index in [1.807, 2.05) is 42.5 Å². The normalized spacial score (nSPS) is 12.0. The first-order valence-corrected chi connectivity index (χ1v) is 8.65. The number of carbonyl (C=O) groups is 2. The minimum atomic E-state index is -0.453. The molecule has 3 aromatic rings. The molecular formula is C21H22N2O4. The number of hydrogen-bond donors (Lipinski definition) is 2. The summed E-state index contributed by atoms with van der Waals surface area (Å²) in [5.41, 5.74) is 3.03. The van der Waals surface area contributed by atoms with E-state index < -0.39 is 5.97 Å². The zero-order chi connectivity index (χ0) is 19.4. The van der Waals surface area contributed by atoms with Crippen molar-refractivity contribution in [3.63, 3.8) is 0 Å². The number of Topliss-reactive ketones (excluding diaryl/α,β-unsaturated/α-hetero) is 1. The third-order valence-corrected chi connectivity index (χ3v) is 4.53. The number of hydrogen-bond acceptors (Lipinski definition) is 5. The molecule has 0 saturated carbocycles. The number of aromatic amines is 1. The molecule has 0 spiro atoms. The molecule has 0 aliphatic carbocycles. The standard InChI is InChI=1S/C21H22N2O4/c1-13-18(21(25)26-3)14(2)23-19(13)16(24)12-22-20(17-10-7-11-27-17)15-8-5-4-6-9-15/h4-11,20,22-23H,12H2,1-3H3/t20-/m1/s1. The first-order chi connectivity index (χ1) is 13.0. The van der Waals surface area contributed by atoms with E-state index in [-0.39, 0.29) is 18.4 Å². The van der Waals surface area contributed by atoms with E-state index in [1.54, 1.807) is 20.1 Å². The Morgan fingerprint density at radius 2 is 1.89 bits per heavy atom. The van der Waals surface area contributed by atoms with Gasteiger partial charge in [0.15, 0.2) is 5.78 Å². The number of nitrogens with one attached hydrogen (secondary N) is 2. The maximum absolute atomic E-state index is 12.8. The first kappa shape index (κ1) is 18.7. The lowest BCUT2D eigenvalue weighted by Gasteiger charge is -2.16. The van der Waals surface area contributed by atoms with Crippen LogP contribution in [0.5, 0.6) is 0 Å². The van der Waals surface area contributed by atoms with Crippen LogP contribution in [0, 0.1) is 13.8 Å². The molecule has 6 nitrogen and oxygen atoms in total. The highest BCUT2D eigenvalue weighted by molar-refractivity contribution is 6.02. The summed E-state index contributed by atoms with van der Waals surface area (Å²) in [4.78, 5) is 27.7. The van der Waals surface area contributed by atoms with Gasteiger partial charge in [-0.2, -0.15) is 0 Å². The van der Waals surface area contributed by atoms with Crippen LogP contribution in [0.4, 0.5) is 0 Å². The number of esters is 1. The molecule has 0 radical (unpaired) electrons. The minimum absolute atomic E-state index is 0.0850. The maximum Gasteiger partial charge on any atom is 0.339 e. The summed E-state index contributed by atoms with van der Waals surface area (Å²) in [6.07, 6.45) is 1.61. The van der Waals surface area contributed by atoms with Gasteiger partial charge in [-0.25, -0.2) is 4.79 Å². The number of ketones is 1. The summed E-state index contributed by atoms with van der Waals surface area (Å²) in [5, 5.41) is 3.26. The molecule has 0 amide bonds. The molecule has 1 aromatic carbocycles. The van der Waals surface area contributed by atoms with E-state index in [1.165, 1.54) is 7.11 Å². The fourth-order valence-corrected chi connectivity index (χ4v) is 3.20. The second-order valence-corrected chi connectivity index (χ2v) is 6.28. The predicted octanol–water partition coefficient (Wildman–Crippen LogP) is 3.57. The van der Waals surface area contributed by atoms with Gasteiger partial charge in [0.2, 0.25) is 0 Å². The smallest absolute Gasteiger partial charge is 0.339 e. The van der Waals surface area contributed by atoms with Crippen molar-refractivity contribution in [2.45, 2.75) is 19.9 Å². The number of rotatable bonds is 7. The van der Waals surface area contributed by atoms with Crippen molar-refractivity contribution >= 4 is 11.8 Å². The molecule has 2 N–H and O–H groups in total. The van der Waals surface area contributed by atoms with Crippen LogP contribution in [-0.4, -0.2) is 30.4 Å². The molecule has 0 fully saturated rings. The number of H-pyrrole nitrogens is 1. The summed E-state index contributed by atoms with van der Waals surface area (Å²) >= 11 is 0. The Bertz CT molecular complexity index is 927.